The Labute approximate surface area is 157 Å². The van der Waals surface area contributed by atoms with Gasteiger partial charge in [-0.2, -0.15) is 0 Å². The molecule has 0 N–H and O–H groups in total. The summed E-state index contributed by atoms with van der Waals surface area (Å²) in [6.07, 6.45) is -1.13. The largest absolute Gasteiger partial charge is 0.381 e. The third-order valence-electron chi connectivity index (χ3n) is 4.24. The van der Waals surface area contributed by atoms with Crippen molar-refractivity contribution in [1.29, 1.82) is 0 Å². The van der Waals surface area contributed by atoms with Gasteiger partial charge in [0, 0.05) is 15.6 Å². The lowest BCUT2D eigenvalue weighted by molar-refractivity contribution is -0.126. The molecule has 2 amide bonds. The first-order valence-corrected chi connectivity index (χ1v) is 8.40. The number of carbonyl (C=O) groups is 3. The predicted molar refractivity (Wildman–Crippen MR) is 95.5 cm³/mol. The molecule has 0 aliphatic carbocycles. The first-order valence-electron chi connectivity index (χ1n) is 7.65. The van der Waals surface area contributed by atoms with Gasteiger partial charge in [-0.15, -0.1) is 0 Å². The number of benzene rings is 2. The van der Waals surface area contributed by atoms with Crippen molar-refractivity contribution in [2.24, 2.45) is 11.1 Å². The van der Waals surface area contributed by atoms with Gasteiger partial charge < -0.3 is 4.84 Å². The zero-order chi connectivity index (χ0) is 18.4. The van der Waals surface area contributed by atoms with Crippen LogP contribution in [0, 0.1) is 5.92 Å². The molecule has 0 spiro atoms. The lowest BCUT2D eigenvalue weighted by Crippen LogP contribution is -2.34. The van der Waals surface area contributed by atoms with Gasteiger partial charge in [0.05, 0.1) is 5.69 Å². The number of hydrogen-bond donors (Lipinski definition) is 0. The Kier molecular flexibility index (Phi) is 4.01. The molecule has 0 aromatic heterocycles. The molecule has 0 radical (unpaired) electrons. The average molecular weight is 389 g/mol. The lowest BCUT2D eigenvalue weighted by atomic mass is 9.93. The van der Waals surface area contributed by atoms with Crippen molar-refractivity contribution in [3.63, 3.8) is 0 Å². The first kappa shape index (κ1) is 16.8. The molecule has 2 aromatic carbocycles. The molecule has 0 bridgehead atoms. The van der Waals surface area contributed by atoms with Crippen LogP contribution in [0.5, 0.6) is 0 Å². The predicted octanol–water partition coefficient (Wildman–Crippen LogP) is 3.12. The van der Waals surface area contributed by atoms with Gasteiger partial charge in [0.15, 0.2) is 0 Å². The maximum atomic E-state index is 12.8. The van der Waals surface area contributed by atoms with E-state index in [-0.39, 0.29) is 5.71 Å². The highest BCUT2D eigenvalue weighted by Gasteiger charge is 2.57. The van der Waals surface area contributed by atoms with Gasteiger partial charge in [-0.05, 0) is 48.5 Å². The summed E-state index contributed by atoms with van der Waals surface area (Å²) in [4.78, 5) is 44.2. The number of hydrogen-bond acceptors (Lipinski definition) is 5. The molecule has 26 heavy (non-hydrogen) atoms. The molecule has 2 aliphatic heterocycles. The number of Topliss-reactive ketones (excluding diaryl/α,β-unsaturated/α-hetero) is 1. The number of nitrogens with zero attached hydrogens (tertiary/aromatic N) is 2. The number of amides is 2. The van der Waals surface area contributed by atoms with E-state index in [0.717, 1.165) is 4.90 Å². The molecule has 6 nitrogen and oxygen atoms in total. The molecule has 2 aliphatic rings. The second-order valence-corrected chi connectivity index (χ2v) is 6.68. The van der Waals surface area contributed by atoms with Crippen LogP contribution in [-0.4, -0.2) is 29.4 Å². The van der Waals surface area contributed by atoms with Gasteiger partial charge >= 0.3 is 0 Å². The van der Waals surface area contributed by atoms with Gasteiger partial charge in [0.2, 0.25) is 17.8 Å². The molecule has 2 atom stereocenters. The molecule has 8 heteroatoms. The van der Waals surface area contributed by atoms with E-state index >= 15 is 0 Å². The van der Waals surface area contributed by atoms with Crippen LogP contribution < -0.4 is 4.90 Å². The van der Waals surface area contributed by atoms with E-state index < -0.39 is 29.6 Å². The zero-order valence-electron chi connectivity index (χ0n) is 13.1. The maximum Gasteiger partial charge on any atom is 0.278 e. The molecule has 1 fully saturated rings. The molecule has 2 heterocycles. The number of rotatable bonds is 3. The number of ketones is 1. The highest BCUT2D eigenvalue weighted by Crippen LogP contribution is 2.34. The number of oxime groups is 1. The van der Waals surface area contributed by atoms with Gasteiger partial charge in [-0.1, -0.05) is 28.4 Å². The van der Waals surface area contributed by atoms with Crippen LogP contribution in [0.2, 0.25) is 10.0 Å². The van der Waals surface area contributed by atoms with Crippen LogP contribution in [0.3, 0.4) is 0 Å². The smallest absolute Gasteiger partial charge is 0.278 e. The normalized spacial score (nSPS) is 21.5. The summed E-state index contributed by atoms with van der Waals surface area (Å²) >= 11 is 11.7. The molecule has 4 rings (SSSR count). The summed E-state index contributed by atoms with van der Waals surface area (Å²) in [5, 5.41) is 4.66. The quantitative estimate of drug-likeness (QED) is 0.597. The fourth-order valence-electron chi connectivity index (χ4n) is 2.96. The summed E-state index contributed by atoms with van der Waals surface area (Å²) in [5.74, 6) is -2.67. The first-order chi connectivity index (χ1) is 12.5. The van der Waals surface area contributed by atoms with Crippen LogP contribution in [0.4, 0.5) is 5.69 Å². The van der Waals surface area contributed by atoms with Crippen LogP contribution in [0.15, 0.2) is 53.7 Å². The van der Waals surface area contributed by atoms with Crippen molar-refractivity contribution in [3.8, 4) is 0 Å². The standard InChI is InChI=1S/C18H10Cl2N2O4/c19-10-3-1-9(2-4-10)15(23)14-13-16(26-21-14)18(25)22(17(13)24)12-7-5-11(20)6-8-12/h1-8,13,16H. The highest BCUT2D eigenvalue weighted by molar-refractivity contribution is 6.52. The van der Waals surface area contributed by atoms with Crippen LogP contribution >= 0.6 is 23.2 Å². The summed E-state index contributed by atoms with van der Waals surface area (Å²) in [6.45, 7) is 0. The van der Waals surface area contributed by atoms with E-state index in [1.54, 1.807) is 36.4 Å². The highest BCUT2D eigenvalue weighted by atomic mass is 35.5. The zero-order valence-corrected chi connectivity index (χ0v) is 14.6. The van der Waals surface area contributed by atoms with Crippen LogP contribution in [-0.2, 0) is 14.4 Å². The topological polar surface area (TPSA) is 76.0 Å². The van der Waals surface area contributed by atoms with E-state index in [1.807, 2.05) is 0 Å². The Morgan fingerprint density at radius 2 is 1.50 bits per heavy atom. The summed E-state index contributed by atoms with van der Waals surface area (Å²) in [7, 11) is 0. The van der Waals surface area contributed by atoms with E-state index in [0.29, 0.717) is 21.3 Å². The minimum absolute atomic E-state index is 0.0906. The Morgan fingerprint density at radius 1 is 0.923 bits per heavy atom. The molecule has 0 saturated carbocycles. The van der Waals surface area contributed by atoms with Gasteiger partial charge in [0.25, 0.3) is 5.91 Å². The van der Waals surface area contributed by atoms with E-state index in [1.165, 1.54) is 12.1 Å². The Balaban J connectivity index is 1.65. The molecular formula is C18H10Cl2N2O4. The second kappa shape index (κ2) is 6.23. The summed E-state index contributed by atoms with van der Waals surface area (Å²) in [5.41, 5.74) is 0.579. The monoisotopic (exact) mass is 388 g/mol. The Morgan fingerprint density at radius 3 is 2.12 bits per heavy atom. The SMILES string of the molecule is O=C(C1=NOC2C(=O)N(c3ccc(Cl)cc3)C(=O)C12)c1ccc(Cl)cc1. The third-order valence-corrected chi connectivity index (χ3v) is 4.74. The fraction of sp³-hybridized carbons (Fsp3) is 0.111. The van der Waals surface area contributed by atoms with E-state index in [2.05, 4.69) is 5.16 Å². The van der Waals surface area contributed by atoms with Gasteiger partial charge in [0.1, 0.15) is 11.6 Å². The summed E-state index contributed by atoms with van der Waals surface area (Å²) in [6, 6.07) is 12.4. The number of fused-ring (bicyclic) bond motifs is 1. The second-order valence-electron chi connectivity index (χ2n) is 5.80. The maximum absolute atomic E-state index is 12.8. The minimum atomic E-state index is -1.13. The number of halogens is 2. The molecule has 130 valence electrons. The minimum Gasteiger partial charge on any atom is -0.381 e. The Bertz CT molecular complexity index is 954. The van der Waals surface area contributed by atoms with Crippen molar-refractivity contribution in [1.82, 2.24) is 0 Å². The molecule has 2 unspecified atom stereocenters. The number of imide groups is 1. The van der Waals surface area contributed by atoms with Gasteiger partial charge in [-0.3, -0.25) is 14.4 Å². The van der Waals surface area contributed by atoms with Crippen LogP contribution in [0.25, 0.3) is 0 Å². The van der Waals surface area contributed by atoms with Gasteiger partial charge in [-0.25, -0.2) is 4.90 Å². The van der Waals surface area contributed by atoms with E-state index in [4.69, 9.17) is 28.0 Å². The number of anilines is 1. The third kappa shape index (κ3) is 2.58. The van der Waals surface area contributed by atoms with Crippen molar-refractivity contribution in [2.75, 3.05) is 4.90 Å². The van der Waals surface area contributed by atoms with Crippen molar-refractivity contribution < 1.29 is 19.2 Å². The molecule has 2 aromatic rings. The van der Waals surface area contributed by atoms with Crippen molar-refractivity contribution in [3.05, 3.63) is 64.1 Å². The average Bonchev–Trinajstić information content (AvgIpc) is 3.17. The molecule has 1 saturated heterocycles. The van der Waals surface area contributed by atoms with Crippen molar-refractivity contribution >= 4 is 52.2 Å². The van der Waals surface area contributed by atoms with E-state index in [9.17, 15) is 14.4 Å². The number of carbonyl (C=O) groups excluding carboxylic acids is 3. The van der Waals surface area contributed by atoms with Crippen molar-refractivity contribution in [2.45, 2.75) is 6.10 Å². The Hall–Kier alpha value is -2.70. The van der Waals surface area contributed by atoms with Crippen LogP contribution in [0.1, 0.15) is 10.4 Å². The summed E-state index contributed by atoms with van der Waals surface area (Å²) < 4.78 is 0. The molecular weight excluding hydrogens is 379 g/mol. The fourth-order valence-corrected chi connectivity index (χ4v) is 3.21. The lowest BCUT2D eigenvalue weighted by Gasteiger charge is -2.15.